The van der Waals surface area contributed by atoms with Crippen molar-refractivity contribution in [3.63, 3.8) is 0 Å². The smallest absolute Gasteiger partial charge is 0.192 e. The third kappa shape index (κ3) is 6.26. The molecule has 1 aliphatic heterocycles. The lowest BCUT2D eigenvalue weighted by Gasteiger charge is -2.37. The fourth-order valence-electron chi connectivity index (χ4n) is 2.35. The van der Waals surface area contributed by atoms with Gasteiger partial charge in [-0.05, 0) is 44.0 Å². The summed E-state index contributed by atoms with van der Waals surface area (Å²) in [6.07, 6.45) is 4.35. The molecule has 0 bridgehead atoms. The average Bonchev–Trinajstić information content (AvgIpc) is 2.81. The molecule has 0 aromatic rings. The van der Waals surface area contributed by atoms with Crippen molar-refractivity contribution in [3.05, 3.63) is 11.6 Å². The number of allylic oxidation sites excluding steroid dienone is 1. The summed E-state index contributed by atoms with van der Waals surface area (Å²) in [6, 6.07) is 0. The third-order valence-corrected chi connectivity index (χ3v) is 9.61. The highest BCUT2D eigenvalue weighted by Gasteiger charge is 2.40. The standard InChI is InChI=1S/C19H38O4Si/c1-9-10-11-12-15(13-22-24(7,8)18(2,3)4)17(20)16-14-21-19(5,6)23-16/h12,16-17,20H,9-11,13-14H2,1-8H3/b15-12+/t16-,17+/m1/s1. The Kier molecular flexibility index (Phi) is 7.69. The first-order valence-electron chi connectivity index (χ1n) is 9.22. The van der Waals surface area contributed by atoms with E-state index in [-0.39, 0.29) is 11.1 Å². The molecule has 0 spiro atoms. The van der Waals surface area contributed by atoms with Crippen molar-refractivity contribution in [1.82, 2.24) is 0 Å². The van der Waals surface area contributed by atoms with Gasteiger partial charge in [0.15, 0.2) is 14.1 Å². The van der Waals surface area contributed by atoms with Gasteiger partial charge in [-0.3, -0.25) is 0 Å². The summed E-state index contributed by atoms with van der Waals surface area (Å²) < 4.78 is 17.8. The number of hydrogen-bond acceptors (Lipinski definition) is 4. The van der Waals surface area contributed by atoms with E-state index >= 15 is 0 Å². The van der Waals surface area contributed by atoms with Gasteiger partial charge in [0.1, 0.15) is 12.2 Å². The lowest BCUT2D eigenvalue weighted by atomic mass is 10.0. The Bertz CT molecular complexity index is 424. The van der Waals surface area contributed by atoms with Crippen molar-refractivity contribution < 1.29 is 19.0 Å². The van der Waals surface area contributed by atoms with E-state index in [2.05, 4.69) is 46.9 Å². The van der Waals surface area contributed by atoms with Gasteiger partial charge in [0.25, 0.3) is 0 Å². The van der Waals surface area contributed by atoms with Crippen LogP contribution in [0.1, 0.15) is 60.8 Å². The van der Waals surface area contributed by atoms with E-state index in [4.69, 9.17) is 13.9 Å². The van der Waals surface area contributed by atoms with Crippen molar-refractivity contribution in [1.29, 1.82) is 0 Å². The van der Waals surface area contributed by atoms with Gasteiger partial charge >= 0.3 is 0 Å². The summed E-state index contributed by atoms with van der Waals surface area (Å²) in [5.41, 5.74) is 0.930. The summed E-state index contributed by atoms with van der Waals surface area (Å²) in [7, 11) is -1.85. The summed E-state index contributed by atoms with van der Waals surface area (Å²) in [6.45, 7) is 18.0. The van der Waals surface area contributed by atoms with Crippen molar-refractivity contribution in [2.75, 3.05) is 13.2 Å². The number of unbranched alkanes of at least 4 members (excludes halogenated alkanes) is 2. The molecule has 1 saturated heterocycles. The van der Waals surface area contributed by atoms with Crippen LogP contribution in [-0.2, 0) is 13.9 Å². The van der Waals surface area contributed by atoms with Gasteiger partial charge in [0, 0.05) is 0 Å². The highest BCUT2D eigenvalue weighted by atomic mass is 28.4. The van der Waals surface area contributed by atoms with E-state index in [9.17, 15) is 5.11 Å². The van der Waals surface area contributed by atoms with Gasteiger partial charge in [-0.1, -0.05) is 46.6 Å². The first-order chi connectivity index (χ1) is 10.9. The zero-order valence-electron chi connectivity index (χ0n) is 16.9. The summed E-state index contributed by atoms with van der Waals surface area (Å²) >= 11 is 0. The zero-order valence-corrected chi connectivity index (χ0v) is 17.9. The molecule has 0 aromatic carbocycles. The maximum absolute atomic E-state index is 10.8. The molecule has 0 saturated carbocycles. The Morgan fingerprint density at radius 2 is 2.00 bits per heavy atom. The molecule has 142 valence electrons. The third-order valence-electron chi connectivity index (χ3n) is 5.13. The topological polar surface area (TPSA) is 47.9 Å². The minimum absolute atomic E-state index is 0.154. The Morgan fingerprint density at radius 3 is 2.46 bits per heavy atom. The van der Waals surface area contributed by atoms with Crippen LogP contribution >= 0.6 is 0 Å². The van der Waals surface area contributed by atoms with E-state index < -0.39 is 20.2 Å². The van der Waals surface area contributed by atoms with E-state index in [1.54, 1.807) is 0 Å². The molecular formula is C19H38O4Si. The number of aliphatic hydroxyl groups is 1. The molecule has 4 nitrogen and oxygen atoms in total. The van der Waals surface area contributed by atoms with Gasteiger partial charge < -0.3 is 19.0 Å². The largest absolute Gasteiger partial charge is 0.413 e. The van der Waals surface area contributed by atoms with E-state index in [1.165, 1.54) is 0 Å². The van der Waals surface area contributed by atoms with Gasteiger partial charge in [-0.2, -0.15) is 0 Å². The van der Waals surface area contributed by atoms with Crippen LogP contribution in [0.25, 0.3) is 0 Å². The Hall–Kier alpha value is -0.203. The minimum atomic E-state index is -1.85. The molecule has 24 heavy (non-hydrogen) atoms. The molecule has 0 unspecified atom stereocenters. The van der Waals surface area contributed by atoms with Crippen molar-refractivity contribution in [2.45, 2.75) is 96.9 Å². The molecule has 0 aliphatic carbocycles. The van der Waals surface area contributed by atoms with Crippen LogP contribution in [0.4, 0.5) is 0 Å². The maximum Gasteiger partial charge on any atom is 0.192 e. The van der Waals surface area contributed by atoms with Crippen LogP contribution in [0.5, 0.6) is 0 Å². The quantitative estimate of drug-likeness (QED) is 0.390. The van der Waals surface area contributed by atoms with Gasteiger partial charge in [0.05, 0.1) is 13.2 Å². The van der Waals surface area contributed by atoms with E-state index in [0.29, 0.717) is 13.2 Å². The molecule has 1 rings (SSSR count). The van der Waals surface area contributed by atoms with Crippen molar-refractivity contribution in [3.8, 4) is 0 Å². The highest BCUT2D eigenvalue weighted by Crippen LogP contribution is 2.37. The predicted octanol–water partition coefficient (Wildman–Crippen LogP) is 4.64. The fourth-order valence-corrected chi connectivity index (χ4v) is 3.31. The van der Waals surface area contributed by atoms with Crippen LogP contribution in [0, 0.1) is 0 Å². The second-order valence-corrected chi connectivity index (χ2v) is 13.6. The summed E-state index contributed by atoms with van der Waals surface area (Å²) in [5, 5.41) is 11.0. The zero-order chi connectivity index (χ0) is 18.6. The number of aliphatic hydroxyl groups excluding tert-OH is 1. The summed E-state index contributed by atoms with van der Waals surface area (Å²) in [4.78, 5) is 0. The summed E-state index contributed by atoms with van der Waals surface area (Å²) in [5.74, 6) is -0.625. The number of ether oxygens (including phenoxy) is 2. The van der Waals surface area contributed by atoms with Gasteiger partial charge in [-0.25, -0.2) is 0 Å². The highest BCUT2D eigenvalue weighted by molar-refractivity contribution is 6.74. The first-order valence-corrected chi connectivity index (χ1v) is 12.1. The first kappa shape index (κ1) is 21.8. The Balaban J connectivity index is 2.79. The molecular weight excluding hydrogens is 320 g/mol. The molecule has 1 heterocycles. The molecule has 0 radical (unpaired) electrons. The van der Waals surface area contributed by atoms with E-state index in [0.717, 1.165) is 24.8 Å². The van der Waals surface area contributed by atoms with Crippen LogP contribution in [-0.4, -0.2) is 44.6 Å². The number of rotatable bonds is 8. The molecule has 0 aromatic heterocycles. The minimum Gasteiger partial charge on any atom is -0.413 e. The maximum atomic E-state index is 10.8. The van der Waals surface area contributed by atoms with Crippen molar-refractivity contribution in [2.24, 2.45) is 0 Å². The molecule has 1 aliphatic rings. The predicted molar refractivity (Wildman–Crippen MR) is 102 cm³/mol. The van der Waals surface area contributed by atoms with Crippen LogP contribution in [0.15, 0.2) is 11.6 Å². The fraction of sp³-hybridized carbons (Fsp3) is 0.895. The second kappa shape index (κ2) is 8.45. The monoisotopic (exact) mass is 358 g/mol. The molecule has 1 N–H and O–H groups in total. The molecule has 0 amide bonds. The van der Waals surface area contributed by atoms with Crippen molar-refractivity contribution >= 4 is 8.32 Å². The SMILES string of the molecule is CCCC/C=C(\CO[Si](C)(C)C(C)(C)C)[C@H](O)[C@H]1COC(C)(C)O1. The number of hydrogen-bond donors (Lipinski definition) is 1. The molecule has 2 atom stereocenters. The molecule has 1 fully saturated rings. The van der Waals surface area contributed by atoms with Crippen LogP contribution in [0.3, 0.4) is 0 Å². The second-order valence-electron chi connectivity index (χ2n) is 8.78. The Labute approximate surface area is 149 Å². The van der Waals surface area contributed by atoms with Gasteiger partial charge in [-0.15, -0.1) is 0 Å². The molecule has 5 heteroatoms. The van der Waals surface area contributed by atoms with Crippen LogP contribution in [0.2, 0.25) is 18.1 Å². The average molecular weight is 359 g/mol. The Morgan fingerprint density at radius 1 is 1.38 bits per heavy atom. The van der Waals surface area contributed by atoms with E-state index in [1.807, 2.05) is 13.8 Å². The van der Waals surface area contributed by atoms with Crippen LogP contribution < -0.4 is 0 Å². The lowest BCUT2D eigenvalue weighted by Crippen LogP contribution is -2.42. The van der Waals surface area contributed by atoms with Gasteiger partial charge in [0.2, 0.25) is 0 Å². The normalized spacial score (nSPS) is 23.5. The lowest BCUT2D eigenvalue weighted by molar-refractivity contribution is -0.148.